The third-order valence-corrected chi connectivity index (χ3v) is 1.87. The van der Waals surface area contributed by atoms with Crippen LogP contribution >= 0.6 is 23.2 Å². The standard InChI is InChI=1S/C9H7Cl2NO2/c10-3-4-14-9-2-1-7(12-6-13)5-8(9)11/h1-2,5H,3-4H2. The van der Waals surface area contributed by atoms with Crippen molar-refractivity contribution in [2.75, 3.05) is 12.5 Å². The lowest BCUT2D eigenvalue weighted by atomic mass is 10.3. The van der Waals surface area contributed by atoms with E-state index in [0.29, 0.717) is 28.9 Å². The molecular formula is C9H7Cl2NO2. The molecule has 0 fully saturated rings. The maximum atomic E-state index is 9.96. The van der Waals surface area contributed by atoms with E-state index in [0.717, 1.165) is 0 Å². The van der Waals surface area contributed by atoms with Crippen LogP contribution in [0.3, 0.4) is 0 Å². The van der Waals surface area contributed by atoms with E-state index in [9.17, 15) is 4.79 Å². The van der Waals surface area contributed by atoms with Gasteiger partial charge in [-0.2, -0.15) is 4.99 Å². The Labute approximate surface area is 91.3 Å². The molecule has 0 amide bonds. The fourth-order valence-electron chi connectivity index (χ4n) is 0.878. The average Bonchev–Trinajstić information content (AvgIpc) is 2.17. The molecule has 5 heteroatoms. The Morgan fingerprint density at radius 1 is 1.50 bits per heavy atom. The highest BCUT2D eigenvalue weighted by molar-refractivity contribution is 6.32. The van der Waals surface area contributed by atoms with E-state index in [1.165, 1.54) is 12.1 Å². The van der Waals surface area contributed by atoms with Gasteiger partial charge in [0.25, 0.3) is 0 Å². The number of ether oxygens (including phenoxy) is 1. The van der Waals surface area contributed by atoms with Gasteiger partial charge in [0, 0.05) is 0 Å². The minimum absolute atomic E-state index is 0.386. The zero-order chi connectivity index (χ0) is 10.4. The molecule has 0 atom stereocenters. The summed E-state index contributed by atoms with van der Waals surface area (Å²) < 4.78 is 5.21. The molecule has 74 valence electrons. The summed E-state index contributed by atoms with van der Waals surface area (Å²) >= 11 is 11.3. The minimum Gasteiger partial charge on any atom is -0.491 e. The lowest BCUT2D eigenvalue weighted by molar-refractivity contribution is 0.343. The molecule has 0 N–H and O–H groups in total. The van der Waals surface area contributed by atoms with Crippen molar-refractivity contribution in [1.29, 1.82) is 0 Å². The lowest BCUT2D eigenvalue weighted by Gasteiger charge is -2.05. The van der Waals surface area contributed by atoms with Gasteiger partial charge in [-0.05, 0) is 18.2 Å². The van der Waals surface area contributed by atoms with Crippen LogP contribution < -0.4 is 4.74 Å². The Morgan fingerprint density at radius 3 is 2.86 bits per heavy atom. The number of aliphatic imine (C=N–C) groups is 1. The highest BCUT2D eigenvalue weighted by Crippen LogP contribution is 2.28. The van der Waals surface area contributed by atoms with Gasteiger partial charge >= 0.3 is 0 Å². The van der Waals surface area contributed by atoms with Crippen LogP contribution in [0.25, 0.3) is 0 Å². The molecule has 0 saturated carbocycles. The van der Waals surface area contributed by atoms with Gasteiger partial charge in [0.15, 0.2) is 0 Å². The number of carbonyl (C=O) groups excluding carboxylic acids is 1. The molecule has 14 heavy (non-hydrogen) atoms. The molecule has 0 aliphatic heterocycles. The van der Waals surface area contributed by atoms with Crippen LogP contribution in [0.15, 0.2) is 23.2 Å². The molecule has 0 heterocycles. The first kappa shape index (κ1) is 11.1. The van der Waals surface area contributed by atoms with Crippen molar-refractivity contribution >= 4 is 35.0 Å². The van der Waals surface area contributed by atoms with Crippen molar-refractivity contribution in [3.05, 3.63) is 23.2 Å². The van der Waals surface area contributed by atoms with E-state index in [1.807, 2.05) is 0 Å². The molecule has 0 radical (unpaired) electrons. The molecule has 0 unspecified atom stereocenters. The summed E-state index contributed by atoms with van der Waals surface area (Å²) in [5.74, 6) is 0.919. The number of alkyl halides is 1. The highest BCUT2D eigenvalue weighted by atomic mass is 35.5. The third-order valence-electron chi connectivity index (χ3n) is 1.42. The summed E-state index contributed by atoms with van der Waals surface area (Å²) in [6, 6.07) is 4.77. The quantitative estimate of drug-likeness (QED) is 0.454. The maximum absolute atomic E-state index is 9.96. The number of rotatable bonds is 4. The van der Waals surface area contributed by atoms with Crippen molar-refractivity contribution < 1.29 is 9.53 Å². The zero-order valence-electron chi connectivity index (χ0n) is 7.17. The predicted molar refractivity (Wildman–Crippen MR) is 55.4 cm³/mol. The Hall–Kier alpha value is -1.02. The van der Waals surface area contributed by atoms with Gasteiger partial charge in [-0.25, -0.2) is 4.79 Å². The number of isocyanates is 1. The topological polar surface area (TPSA) is 38.7 Å². The van der Waals surface area contributed by atoms with Crippen molar-refractivity contribution in [1.82, 2.24) is 0 Å². The first-order valence-corrected chi connectivity index (χ1v) is 4.75. The summed E-state index contributed by atoms with van der Waals surface area (Å²) in [4.78, 5) is 13.4. The van der Waals surface area contributed by atoms with E-state index < -0.39 is 0 Å². The van der Waals surface area contributed by atoms with Crippen molar-refractivity contribution in [3.63, 3.8) is 0 Å². The van der Waals surface area contributed by atoms with Crippen LogP contribution in [0.5, 0.6) is 5.75 Å². The largest absolute Gasteiger partial charge is 0.491 e. The maximum Gasteiger partial charge on any atom is 0.240 e. The number of halogens is 2. The minimum atomic E-state index is 0.386. The normalized spacial score (nSPS) is 9.29. The molecule has 0 aliphatic carbocycles. The van der Waals surface area contributed by atoms with Crippen molar-refractivity contribution in [3.8, 4) is 5.75 Å². The first-order chi connectivity index (χ1) is 6.77. The molecule has 1 aromatic rings. The monoisotopic (exact) mass is 231 g/mol. The van der Waals surface area contributed by atoms with Gasteiger partial charge in [0.05, 0.1) is 16.6 Å². The van der Waals surface area contributed by atoms with E-state index in [-0.39, 0.29) is 0 Å². The zero-order valence-corrected chi connectivity index (χ0v) is 8.68. The molecule has 0 spiro atoms. The Balaban J connectivity index is 2.84. The van der Waals surface area contributed by atoms with E-state index in [2.05, 4.69) is 4.99 Å². The number of hydrogen-bond donors (Lipinski definition) is 0. The summed E-state index contributed by atoms with van der Waals surface area (Å²) in [5, 5.41) is 0.395. The van der Waals surface area contributed by atoms with Crippen LogP contribution in [0.1, 0.15) is 0 Å². The van der Waals surface area contributed by atoms with Gasteiger partial charge in [-0.1, -0.05) is 11.6 Å². The molecule has 1 aromatic carbocycles. The molecule has 0 bridgehead atoms. The van der Waals surface area contributed by atoms with Crippen molar-refractivity contribution in [2.45, 2.75) is 0 Å². The summed E-state index contributed by atoms with van der Waals surface area (Å²) in [5.41, 5.74) is 0.447. The molecular weight excluding hydrogens is 225 g/mol. The number of benzene rings is 1. The Kier molecular flexibility index (Phi) is 4.47. The van der Waals surface area contributed by atoms with Gasteiger partial charge in [0.2, 0.25) is 6.08 Å². The second kappa shape index (κ2) is 5.66. The second-order valence-electron chi connectivity index (χ2n) is 2.36. The van der Waals surface area contributed by atoms with Crippen LogP contribution in [-0.4, -0.2) is 18.6 Å². The van der Waals surface area contributed by atoms with Gasteiger partial charge in [-0.15, -0.1) is 11.6 Å². The van der Waals surface area contributed by atoms with Crippen LogP contribution in [0, 0.1) is 0 Å². The lowest BCUT2D eigenvalue weighted by Crippen LogP contribution is -1.98. The Morgan fingerprint density at radius 2 is 2.29 bits per heavy atom. The summed E-state index contributed by atoms with van der Waals surface area (Å²) in [6.45, 7) is 0.386. The molecule has 0 aromatic heterocycles. The van der Waals surface area contributed by atoms with Crippen LogP contribution in [0.2, 0.25) is 5.02 Å². The molecule has 0 saturated heterocycles. The van der Waals surface area contributed by atoms with Gasteiger partial charge < -0.3 is 4.74 Å². The second-order valence-corrected chi connectivity index (χ2v) is 3.14. The average molecular weight is 232 g/mol. The fraction of sp³-hybridized carbons (Fsp3) is 0.222. The van der Waals surface area contributed by atoms with E-state index in [4.69, 9.17) is 27.9 Å². The SMILES string of the molecule is O=C=Nc1ccc(OCCCl)c(Cl)c1. The first-order valence-electron chi connectivity index (χ1n) is 3.84. The molecule has 3 nitrogen and oxygen atoms in total. The number of hydrogen-bond acceptors (Lipinski definition) is 3. The fourth-order valence-corrected chi connectivity index (χ4v) is 1.18. The predicted octanol–water partition coefficient (Wildman–Crippen LogP) is 2.92. The van der Waals surface area contributed by atoms with E-state index >= 15 is 0 Å². The number of nitrogens with zero attached hydrogens (tertiary/aromatic N) is 1. The molecule has 1 rings (SSSR count). The smallest absolute Gasteiger partial charge is 0.240 e. The van der Waals surface area contributed by atoms with E-state index in [1.54, 1.807) is 12.1 Å². The van der Waals surface area contributed by atoms with Gasteiger partial charge in [0.1, 0.15) is 12.4 Å². The van der Waals surface area contributed by atoms with Gasteiger partial charge in [-0.3, -0.25) is 0 Å². The third kappa shape index (κ3) is 3.04. The summed E-state index contributed by atoms with van der Waals surface area (Å²) in [6.07, 6.45) is 1.43. The van der Waals surface area contributed by atoms with Crippen LogP contribution in [0.4, 0.5) is 5.69 Å². The summed E-state index contributed by atoms with van der Waals surface area (Å²) in [7, 11) is 0. The van der Waals surface area contributed by atoms with Crippen LogP contribution in [-0.2, 0) is 4.79 Å². The highest BCUT2D eigenvalue weighted by Gasteiger charge is 2.01. The van der Waals surface area contributed by atoms with Crippen molar-refractivity contribution in [2.24, 2.45) is 4.99 Å². The molecule has 0 aliphatic rings. The Bertz CT molecular complexity index is 362.